The molecule has 4 heterocycles. The van der Waals surface area contributed by atoms with Gasteiger partial charge in [-0.1, -0.05) is 13.8 Å². The second-order valence-corrected chi connectivity index (χ2v) is 8.62. The molecule has 4 rings (SSSR count). The van der Waals surface area contributed by atoms with Gasteiger partial charge in [0.15, 0.2) is 0 Å². The van der Waals surface area contributed by atoms with Gasteiger partial charge in [-0.15, -0.1) is 0 Å². The highest BCUT2D eigenvalue weighted by Crippen LogP contribution is 2.37. The van der Waals surface area contributed by atoms with E-state index in [1.807, 2.05) is 18.7 Å². The molecule has 2 unspecified atom stereocenters. The molecule has 2 bridgehead atoms. The van der Waals surface area contributed by atoms with Crippen molar-refractivity contribution in [3.8, 4) is 0 Å². The summed E-state index contributed by atoms with van der Waals surface area (Å²) in [6.45, 7) is 4.73. The predicted molar refractivity (Wildman–Crippen MR) is 106 cm³/mol. The summed E-state index contributed by atoms with van der Waals surface area (Å²) in [6.07, 6.45) is -2.66. The van der Waals surface area contributed by atoms with Crippen LogP contribution in [0.15, 0.2) is 10.9 Å². The van der Waals surface area contributed by atoms with Crippen LogP contribution in [0.25, 0.3) is 0 Å². The van der Waals surface area contributed by atoms with Gasteiger partial charge in [0.2, 0.25) is 5.95 Å². The Morgan fingerprint density at radius 1 is 1.30 bits per heavy atom. The number of fused-ring (bicyclic) bond motifs is 3. The van der Waals surface area contributed by atoms with Crippen molar-refractivity contribution < 1.29 is 23.0 Å². The maximum atomic E-state index is 13.8. The van der Waals surface area contributed by atoms with Crippen molar-refractivity contribution in [1.82, 2.24) is 9.55 Å². The fourth-order valence-corrected chi connectivity index (χ4v) is 4.81. The number of anilines is 2. The minimum Gasteiger partial charge on any atom is -0.390 e. The average molecular weight is 430 g/mol. The van der Waals surface area contributed by atoms with Crippen LogP contribution in [-0.2, 0) is 11.3 Å². The molecule has 7 nitrogen and oxygen atoms in total. The Labute approximate surface area is 173 Å². The zero-order valence-electron chi connectivity index (χ0n) is 17.4. The smallest absolute Gasteiger partial charge is 0.390 e. The molecule has 3 atom stereocenters. The lowest BCUT2D eigenvalue weighted by Crippen LogP contribution is -2.54. The van der Waals surface area contributed by atoms with Crippen LogP contribution in [0, 0.1) is 0 Å². The molecule has 0 aliphatic carbocycles. The van der Waals surface area contributed by atoms with Gasteiger partial charge >= 0.3 is 6.18 Å². The molecule has 0 radical (unpaired) electrons. The molecular formula is C20H29F3N4O3. The molecule has 30 heavy (non-hydrogen) atoms. The zero-order valence-corrected chi connectivity index (χ0v) is 17.4. The molecule has 0 spiro atoms. The Balaban J connectivity index is 1.70. The van der Waals surface area contributed by atoms with Gasteiger partial charge in [-0.25, -0.2) is 0 Å². The number of alkyl halides is 3. The third kappa shape index (κ3) is 3.79. The van der Waals surface area contributed by atoms with Gasteiger partial charge in [-0.2, -0.15) is 18.2 Å². The summed E-state index contributed by atoms with van der Waals surface area (Å²) in [5, 5.41) is 10.6. The van der Waals surface area contributed by atoms with Crippen LogP contribution in [0.1, 0.15) is 46.0 Å². The van der Waals surface area contributed by atoms with Gasteiger partial charge in [-0.05, 0) is 32.1 Å². The van der Waals surface area contributed by atoms with E-state index in [-0.39, 0.29) is 49.6 Å². The third-order valence-corrected chi connectivity index (χ3v) is 6.94. The van der Waals surface area contributed by atoms with Gasteiger partial charge in [0.25, 0.3) is 5.56 Å². The number of hydrogen-bond acceptors (Lipinski definition) is 6. The first-order valence-electron chi connectivity index (χ1n) is 10.7. The number of aliphatic hydroxyl groups is 1. The molecule has 2 saturated heterocycles. The first kappa shape index (κ1) is 21.4. The van der Waals surface area contributed by atoms with Crippen molar-refractivity contribution in [1.29, 1.82) is 0 Å². The quantitative estimate of drug-likeness (QED) is 0.747. The lowest BCUT2D eigenvalue weighted by Gasteiger charge is -2.41. The van der Waals surface area contributed by atoms with Crippen LogP contribution in [0.5, 0.6) is 0 Å². The standard InChI is InChI=1S/C20H29F3N4O3/c1-3-19(29,4-2)6-8-25-15(20(21,22)23)5-7-26-17(28)10-16(24-18(25)26)27-11-14-9-13(27)12-30-14/h10,13-15,29H,3-9,11-12H2,1-2H3/t13?,14?,15-/m0/s1. The van der Waals surface area contributed by atoms with E-state index in [2.05, 4.69) is 4.98 Å². The Morgan fingerprint density at radius 3 is 2.60 bits per heavy atom. The Bertz CT molecular complexity index is 840. The summed E-state index contributed by atoms with van der Waals surface area (Å²) in [5.74, 6) is 0.459. The zero-order chi connectivity index (χ0) is 21.7. The van der Waals surface area contributed by atoms with Crippen LogP contribution in [0.3, 0.4) is 0 Å². The molecule has 1 aromatic rings. The summed E-state index contributed by atoms with van der Waals surface area (Å²) in [4.78, 5) is 20.5. The third-order valence-electron chi connectivity index (χ3n) is 6.94. The number of hydrogen-bond donors (Lipinski definition) is 1. The van der Waals surface area contributed by atoms with E-state index in [4.69, 9.17) is 4.74 Å². The molecule has 3 aliphatic heterocycles. The first-order chi connectivity index (χ1) is 14.1. The lowest BCUT2D eigenvalue weighted by atomic mass is 9.93. The molecule has 1 aromatic heterocycles. The van der Waals surface area contributed by atoms with Crippen LogP contribution in [0.4, 0.5) is 24.9 Å². The SMILES string of the molecule is CCC(O)(CC)CCN1c2nc(N3CC4CC3CO4)cc(=O)n2CC[C@H]1C(F)(F)F. The highest BCUT2D eigenvalue weighted by atomic mass is 19.4. The second kappa shape index (κ2) is 7.71. The van der Waals surface area contributed by atoms with Gasteiger partial charge in [0.05, 0.1) is 24.4 Å². The van der Waals surface area contributed by atoms with E-state index < -0.39 is 17.8 Å². The number of ether oxygens (including phenoxy) is 1. The van der Waals surface area contributed by atoms with Gasteiger partial charge in [-0.3, -0.25) is 9.36 Å². The van der Waals surface area contributed by atoms with E-state index in [0.717, 1.165) is 6.42 Å². The topological polar surface area (TPSA) is 70.8 Å². The molecule has 2 fully saturated rings. The predicted octanol–water partition coefficient (Wildman–Crippen LogP) is 2.30. The van der Waals surface area contributed by atoms with E-state index in [1.165, 1.54) is 15.5 Å². The molecule has 10 heteroatoms. The molecule has 1 N–H and O–H groups in total. The maximum Gasteiger partial charge on any atom is 0.408 e. The molecule has 0 aromatic carbocycles. The van der Waals surface area contributed by atoms with E-state index in [9.17, 15) is 23.1 Å². The summed E-state index contributed by atoms with van der Waals surface area (Å²) in [6, 6.07) is -0.202. The normalized spacial score (nSPS) is 26.4. The van der Waals surface area contributed by atoms with E-state index in [0.29, 0.717) is 31.8 Å². The number of morpholine rings is 1. The van der Waals surface area contributed by atoms with Crippen LogP contribution in [0.2, 0.25) is 0 Å². The fourth-order valence-electron chi connectivity index (χ4n) is 4.81. The summed E-state index contributed by atoms with van der Waals surface area (Å²) in [7, 11) is 0. The van der Waals surface area contributed by atoms with Crippen molar-refractivity contribution in [2.45, 2.75) is 82.5 Å². The van der Waals surface area contributed by atoms with Gasteiger partial charge in [0.1, 0.15) is 11.9 Å². The lowest BCUT2D eigenvalue weighted by molar-refractivity contribution is -0.153. The van der Waals surface area contributed by atoms with E-state index >= 15 is 0 Å². The van der Waals surface area contributed by atoms with Crippen LogP contribution >= 0.6 is 0 Å². The van der Waals surface area contributed by atoms with Crippen molar-refractivity contribution in [2.75, 3.05) is 29.5 Å². The van der Waals surface area contributed by atoms with Gasteiger partial charge in [0, 0.05) is 25.7 Å². The van der Waals surface area contributed by atoms with Crippen molar-refractivity contribution in [3.05, 3.63) is 16.4 Å². The van der Waals surface area contributed by atoms with Crippen LogP contribution in [-0.4, -0.2) is 64.3 Å². The Kier molecular flexibility index (Phi) is 5.50. The molecular weight excluding hydrogens is 401 g/mol. The van der Waals surface area contributed by atoms with Gasteiger partial charge < -0.3 is 19.6 Å². The largest absolute Gasteiger partial charge is 0.408 e. The number of aromatic nitrogens is 2. The highest BCUT2D eigenvalue weighted by molar-refractivity contribution is 5.49. The minimum atomic E-state index is -4.45. The summed E-state index contributed by atoms with van der Waals surface area (Å²) in [5.41, 5.74) is -1.38. The average Bonchev–Trinajstić information content (AvgIpc) is 3.34. The number of halogens is 3. The summed E-state index contributed by atoms with van der Waals surface area (Å²) >= 11 is 0. The first-order valence-corrected chi connectivity index (χ1v) is 10.7. The molecule has 0 saturated carbocycles. The van der Waals surface area contributed by atoms with Crippen LogP contribution < -0.4 is 15.4 Å². The minimum absolute atomic E-state index is 0.0204. The molecule has 0 amide bonds. The molecule has 168 valence electrons. The highest BCUT2D eigenvalue weighted by Gasteiger charge is 2.47. The second-order valence-electron chi connectivity index (χ2n) is 8.62. The monoisotopic (exact) mass is 430 g/mol. The van der Waals surface area contributed by atoms with Crippen molar-refractivity contribution in [2.24, 2.45) is 0 Å². The maximum absolute atomic E-state index is 13.8. The Hall–Kier alpha value is -1.81. The molecule has 3 aliphatic rings. The number of nitrogens with zero attached hydrogens (tertiary/aromatic N) is 4. The van der Waals surface area contributed by atoms with Crippen molar-refractivity contribution in [3.63, 3.8) is 0 Å². The Morgan fingerprint density at radius 2 is 2.03 bits per heavy atom. The number of rotatable bonds is 6. The fraction of sp³-hybridized carbons (Fsp3) is 0.800. The summed E-state index contributed by atoms with van der Waals surface area (Å²) < 4.78 is 48.5. The van der Waals surface area contributed by atoms with Crippen molar-refractivity contribution >= 4 is 11.8 Å². The van der Waals surface area contributed by atoms with E-state index in [1.54, 1.807) is 0 Å².